The molecule has 11 heteroatoms. The molecule has 0 N–H and O–H groups in total. The van der Waals surface area contributed by atoms with Gasteiger partial charge in [0.2, 0.25) is 12.4 Å². The minimum absolute atomic E-state index is 0.233. The molecule has 0 bridgehead atoms. The normalized spacial score (nSPS) is 25.1. The second-order valence-electron chi connectivity index (χ2n) is 6.62. The van der Waals surface area contributed by atoms with Gasteiger partial charge >= 0.3 is 23.9 Å². The first-order chi connectivity index (χ1) is 14.6. The molecule has 5 atom stereocenters. The molecule has 10 nitrogen and oxygen atoms in total. The van der Waals surface area contributed by atoms with Crippen LogP contribution in [0.3, 0.4) is 0 Å². The predicted molar refractivity (Wildman–Crippen MR) is 99.0 cm³/mol. The SMILES string of the molecule is CC(=O)OC[C@H]1O[C@@H](Oc2ccccc2F)[C@H](OC(C)=O)[C@@H](OC(C)=O)[C@@H]1OC(C)=O. The minimum atomic E-state index is -1.49. The lowest BCUT2D eigenvalue weighted by atomic mass is 9.98. The van der Waals surface area contributed by atoms with E-state index in [1.807, 2.05) is 0 Å². The maximum Gasteiger partial charge on any atom is 0.303 e. The van der Waals surface area contributed by atoms with Gasteiger partial charge in [-0.1, -0.05) is 12.1 Å². The quantitative estimate of drug-likeness (QED) is 0.451. The summed E-state index contributed by atoms with van der Waals surface area (Å²) in [6.07, 6.45) is -6.81. The van der Waals surface area contributed by atoms with Crippen molar-refractivity contribution in [3.05, 3.63) is 30.1 Å². The molecule has 1 aromatic rings. The van der Waals surface area contributed by atoms with Crippen LogP contribution in [0.4, 0.5) is 4.39 Å². The summed E-state index contributed by atoms with van der Waals surface area (Å²) in [5.41, 5.74) is 0. The first-order valence-electron chi connectivity index (χ1n) is 9.30. The summed E-state index contributed by atoms with van der Waals surface area (Å²) in [5, 5.41) is 0. The van der Waals surface area contributed by atoms with Crippen LogP contribution in [0, 0.1) is 5.82 Å². The van der Waals surface area contributed by atoms with Gasteiger partial charge in [-0.05, 0) is 12.1 Å². The lowest BCUT2D eigenvalue weighted by Gasteiger charge is -2.43. The minimum Gasteiger partial charge on any atom is -0.463 e. The predicted octanol–water partition coefficient (Wildman–Crippen LogP) is 1.29. The third kappa shape index (κ3) is 6.92. The Morgan fingerprint density at radius 3 is 1.94 bits per heavy atom. The van der Waals surface area contributed by atoms with Gasteiger partial charge in [0, 0.05) is 27.7 Å². The molecule has 0 aliphatic carbocycles. The molecule has 1 aliphatic rings. The Kier molecular flexibility index (Phi) is 8.31. The third-order valence-corrected chi connectivity index (χ3v) is 4.03. The number of hydrogen-bond acceptors (Lipinski definition) is 10. The number of para-hydroxylation sites is 1. The standard InChI is InChI=1S/C20H23FO10/c1-10(22)26-9-16-17(27-11(2)23)18(28-12(3)24)19(29-13(4)25)20(31-16)30-15-8-6-5-7-14(15)21/h5-8,16-20H,9H2,1-4H3/t16-,17-,18+,19-,20-/m1/s1. The molecule has 0 spiro atoms. The van der Waals surface area contributed by atoms with Crippen LogP contribution in [-0.4, -0.2) is 61.2 Å². The zero-order chi connectivity index (χ0) is 23.1. The third-order valence-electron chi connectivity index (χ3n) is 4.03. The van der Waals surface area contributed by atoms with Crippen molar-refractivity contribution in [3.63, 3.8) is 0 Å². The number of carbonyl (C=O) groups is 4. The largest absolute Gasteiger partial charge is 0.463 e. The van der Waals surface area contributed by atoms with Crippen LogP contribution in [0.2, 0.25) is 0 Å². The average molecular weight is 442 g/mol. The molecule has 1 saturated heterocycles. The van der Waals surface area contributed by atoms with Crippen molar-refractivity contribution in [2.45, 2.75) is 58.4 Å². The van der Waals surface area contributed by atoms with E-state index in [1.54, 1.807) is 0 Å². The molecule has 1 heterocycles. The summed E-state index contributed by atoms with van der Waals surface area (Å²) in [5.74, 6) is -3.93. The van der Waals surface area contributed by atoms with Gasteiger partial charge in [0.1, 0.15) is 12.7 Å². The van der Waals surface area contributed by atoms with Gasteiger partial charge in [0.25, 0.3) is 0 Å². The van der Waals surface area contributed by atoms with Crippen molar-refractivity contribution >= 4 is 23.9 Å². The van der Waals surface area contributed by atoms with Crippen molar-refractivity contribution in [3.8, 4) is 5.75 Å². The molecule has 31 heavy (non-hydrogen) atoms. The zero-order valence-electron chi connectivity index (χ0n) is 17.4. The van der Waals surface area contributed by atoms with Crippen LogP contribution in [0.1, 0.15) is 27.7 Å². The zero-order valence-corrected chi connectivity index (χ0v) is 17.4. The van der Waals surface area contributed by atoms with Crippen molar-refractivity contribution in [2.24, 2.45) is 0 Å². The van der Waals surface area contributed by atoms with Gasteiger partial charge in [-0.3, -0.25) is 19.2 Å². The fourth-order valence-electron chi connectivity index (χ4n) is 2.95. The van der Waals surface area contributed by atoms with Crippen LogP contribution in [-0.2, 0) is 42.9 Å². The number of benzene rings is 1. The fraction of sp³-hybridized carbons (Fsp3) is 0.500. The van der Waals surface area contributed by atoms with E-state index in [4.69, 9.17) is 28.4 Å². The molecule has 0 radical (unpaired) electrons. The van der Waals surface area contributed by atoms with Gasteiger partial charge in [-0.2, -0.15) is 0 Å². The summed E-state index contributed by atoms with van der Waals surface area (Å²) >= 11 is 0. The molecular weight excluding hydrogens is 419 g/mol. The van der Waals surface area contributed by atoms with Crippen LogP contribution >= 0.6 is 0 Å². The Labute approximate surface area is 177 Å². The van der Waals surface area contributed by atoms with E-state index >= 15 is 0 Å². The maximum atomic E-state index is 14.1. The fourth-order valence-corrected chi connectivity index (χ4v) is 2.95. The average Bonchev–Trinajstić information content (AvgIpc) is 2.65. The molecular formula is C20H23FO10. The lowest BCUT2D eigenvalue weighted by molar-refractivity contribution is -0.288. The highest BCUT2D eigenvalue weighted by atomic mass is 19.1. The van der Waals surface area contributed by atoms with Gasteiger partial charge < -0.3 is 28.4 Å². The highest BCUT2D eigenvalue weighted by Crippen LogP contribution is 2.31. The number of rotatable bonds is 7. The summed E-state index contributed by atoms with van der Waals surface area (Å²) in [4.78, 5) is 46.4. The number of hydrogen-bond donors (Lipinski definition) is 0. The summed E-state index contributed by atoms with van der Waals surface area (Å²) in [6.45, 7) is 4.05. The first-order valence-corrected chi connectivity index (χ1v) is 9.30. The molecule has 1 aromatic carbocycles. The number of halogens is 1. The maximum absolute atomic E-state index is 14.1. The smallest absolute Gasteiger partial charge is 0.303 e. The van der Waals surface area contributed by atoms with E-state index in [-0.39, 0.29) is 5.75 Å². The highest BCUT2D eigenvalue weighted by Gasteiger charge is 2.53. The van der Waals surface area contributed by atoms with Crippen LogP contribution < -0.4 is 4.74 Å². The Morgan fingerprint density at radius 2 is 1.39 bits per heavy atom. The Hall–Kier alpha value is -3.21. The van der Waals surface area contributed by atoms with E-state index < -0.39 is 67.0 Å². The summed E-state index contributed by atoms with van der Waals surface area (Å²) in [7, 11) is 0. The monoisotopic (exact) mass is 442 g/mol. The van der Waals surface area contributed by atoms with E-state index in [2.05, 4.69) is 0 Å². The molecule has 2 rings (SSSR count). The van der Waals surface area contributed by atoms with Crippen molar-refractivity contribution in [1.82, 2.24) is 0 Å². The number of esters is 4. The van der Waals surface area contributed by atoms with E-state index in [1.165, 1.54) is 18.2 Å². The molecule has 0 saturated carbocycles. The summed E-state index contributed by atoms with van der Waals surface area (Å²) < 4.78 is 46.1. The van der Waals surface area contributed by atoms with E-state index in [0.717, 1.165) is 33.8 Å². The Morgan fingerprint density at radius 1 is 0.839 bits per heavy atom. The van der Waals surface area contributed by atoms with Crippen LogP contribution in [0.5, 0.6) is 5.75 Å². The second kappa shape index (κ2) is 10.7. The number of ether oxygens (including phenoxy) is 6. The van der Waals surface area contributed by atoms with Gasteiger partial charge in [-0.15, -0.1) is 0 Å². The summed E-state index contributed by atoms with van der Waals surface area (Å²) in [6, 6.07) is 5.39. The topological polar surface area (TPSA) is 124 Å². The highest BCUT2D eigenvalue weighted by molar-refractivity contribution is 5.68. The van der Waals surface area contributed by atoms with Crippen LogP contribution in [0.25, 0.3) is 0 Å². The molecule has 0 aromatic heterocycles. The molecule has 170 valence electrons. The molecule has 1 fully saturated rings. The Balaban J connectivity index is 2.46. The Bertz CT molecular complexity index is 826. The first kappa shape index (κ1) is 24.1. The van der Waals surface area contributed by atoms with Crippen molar-refractivity contribution < 1.29 is 52.0 Å². The van der Waals surface area contributed by atoms with Crippen LogP contribution in [0.15, 0.2) is 24.3 Å². The lowest BCUT2D eigenvalue weighted by Crippen LogP contribution is -2.63. The van der Waals surface area contributed by atoms with Gasteiger partial charge in [0.15, 0.2) is 23.8 Å². The van der Waals surface area contributed by atoms with E-state index in [0.29, 0.717) is 0 Å². The van der Waals surface area contributed by atoms with Crippen molar-refractivity contribution in [2.75, 3.05) is 6.61 Å². The molecule has 0 amide bonds. The second-order valence-corrected chi connectivity index (χ2v) is 6.62. The van der Waals surface area contributed by atoms with E-state index in [9.17, 15) is 23.6 Å². The van der Waals surface area contributed by atoms with Crippen molar-refractivity contribution in [1.29, 1.82) is 0 Å². The number of carbonyl (C=O) groups excluding carboxylic acids is 4. The van der Waals surface area contributed by atoms with Gasteiger partial charge in [0.05, 0.1) is 0 Å². The molecule has 1 aliphatic heterocycles. The molecule has 0 unspecified atom stereocenters. The van der Waals surface area contributed by atoms with Gasteiger partial charge in [-0.25, -0.2) is 4.39 Å².